The molecule has 4 nitrogen and oxygen atoms in total. The molecule has 2 N–H and O–H groups in total. The van der Waals surface area contributed by atoms with Crippen LogP contribution in [0.2, 0.25) is 0 Å². The molecule has 4 atom stereocenters. The van der Waals surface area contributed by atoms with E-state index < -0.39 is 18.3 Å². The van der Waals surface area contributed by atoms with Crippen molar-refractivity contribution in [1.82, 2.24) is 0 Å². The van der Waals surface area contributed by atoms with E-state index in [0.29, 0.717) is 0 Å². The van der Waals surface area contributed by atoms with E-state index in [1.165, 1.54) is 7.85 Å². The second-order valence-corrected chi connectivity index (χ2v) is 3.27. The fourth-order valence-corrected chi connectivity index (χ4v) is 1.39. The van der Waals surface area contributed by atoms with E-state index >= 15 is 0 Å². The van der Waals surface area contributed by atoms with E-state index in [2.05, 4.69) is 0 Å². The molecule has 2 unspecified atom stereocenters. The van der Waals surface area contributed by atoms with Gasteiger partial charge in [-0.25, -0.2) is 0 Å². The van der Waals surface area contributed by atoms with Crippen LogP contribution < -0.4 is 0 Å². The number of ether oxygens (including phenoxy) is 1. The third-order valence-corrected chi connectivity index (χ3v) is 2.09. The molecule has 0 aromatic rings. The molecule has 0 aliphatic carbocycles. The van der Waals surface area contributed by atoms with Crippen molar-refractivity contribution in [3.63, 3.8) is 0 Å². The first-order valence-electron chi connectivity index (χ1n) is 4.03. The lowest BCUT2D eigenvalue weighted by atomic mass is 9.94. The van der Waals surface area contributed by atoms with Crippen molar-refractivity contribution in [1.29, 1.82) is 0 Å². The Balaban J connectivity index is 2.52. The van der Waals surface area contributed by atoms with Gasteiger partial charge in [0.1, 0.15) is 12.2 Å². The Morgan fingerprint density at radius 3 is 2.42 bits per heavy atom. The maximum Gasteiger partial charge on any atom is 0.187 e. The second-order valence-electron chi connectivity index (χ2n) is 3.27. The topological polar surface area (TPSA) is 66.8 Å². The van der Waals surface area contributed by atoms with Crippen molar-refractivity contribution >= 4 is 13.5 Å². The third kappa shape index (κ3) is 1.85. The molecule has 0 bridgehead atoms. The summed E-state index contributed by atoms with van der Waals surface area (Å²) in [5.41, 5.74) is -0.0413. The van der Waals surface area contributed by atoms with Gasteiger partial charge in [0.15, 0.2) is 7.85 Å². The molecule has 0 radical (unpaired) electrons. The minimum atomic E-state index is -0.927. The molecule has 1 rings (SSSR count). The van der Waals surface area contributed by atoms with Gasteiger partial charge in [0.05, 0.1) is 17.9 Å². The highest BCUT2D eigenvalue weighted by Crippen LogP contribution is 2.22. The molecule has 1 aliphatic heterocycles. The third-order valence-electron chi connectivity index (χ3n) is 2.09. The van der Waals surface area contributed by atoms with Gasteiger partial charge in [-0.05, 0) is 6.92 Å². The average molecular weight is 172 g/mol. The summed E-state index contributed by atoms with van der Waals surface area (Å²) in [5.74, 6) is 0. The van der Waals surface area contributed by atoms with Crippen molar-refractivity contribution in [3.05, 3.63) is 0 Å². The number of carbonyl (C=O) groups is 1. The van der Waals surface area contributed by atoms with E-state index in [1.54, 1.807) is 6.92 Å². The zero-order valence-electron chi connectivity index (χ0n) is 7.23. The van der Waals surface area contributed by atoms with Gasteiger partial charge in [-0.15, -0.1) is 0 Å². The molecule has 0 saturated carbocycles. The summed E-state index contributed by atoms with van der Waals surface area (Å²) in [7, 11) is 1.44. The minimum absolute atomic E-state index is 0.0413. The Morgan fingerprint density at radius 2 is 2.08 bits per heavy atom. The largest absolute Gasteiger partial charge is 0.388 e. The SMILES string of the molecule is BC(=O)C[C@H]1O[C@@H](C)C(O)C1O. The lowest BCUT2D eigenvalue weighted by Crippen LogP contribution is -2.32. The Labute approximate surface area is 71.9 Å². The van der Waals surface area contributed by atoms with Crippen LogP contribution in [0.5, 0.6) is 0 Å². The van der Waals surface area contributed by atoms with Crippen LogP contribution in [-0.2, 0) is 9.53 Å². The van der Waals surface area contributed by atoms with Gasteiger partial charge in [0, 0.05) is 6.42 Å². The molecule has 12 heavy (non-hydrogen) atoms. The normalized spacial score (nSPS) is 41.6. The molecular formula is C7H13BO4. The monoisotopic (exact) mass is 172 g/mol. The van der Waals surface area contributed by atoms with Crippen LogP contribution in [-0.4, -0.2) is 48.2 Å². The fourth-order valence-electron chi connectivity index (χ4n) is 1.39. The standard InChI is InChI=1S/C7H13BO4/c1-3-6(10)7(11)4(12-3)2-5(8)9/h3-4,6-7,10-11H,2,8H2,1H3/t3-,4+,6?,7?/m0/s1. The minimum Gasteiger partial charge on any atom is -0.388 e. The summed E-state index contributed by atoms with van der Waals surface area (Å²) in [6.07, 6.45) is -2.54. The lowest BCUT2D eigenvalue weighted by molar-refractivity contribution is -0.115. The second kappa shape index (κ2) is 3.55. The number of hydrogen-bond acceptors (Lipinski definition) is 4. The predicted octanol–water partition coefficient (Wildman–Crippen LogP) is -1.95. The number of rotatable bonds is 2. The fraction of sp³-hybridized carbons (Fsp3) is 0.857. The van der Waals surface area contributed by atoms with Crippen LogP contribution in [0, 0.1) is 0 Å². The maximum absolute atomic E-state index is 10.7. The number of hydrogen-bond donors (Lipinski definition) is 2. The molecule has 5 heteroatoms. The van der Waals surface area contributed by atoms with Gasteiger partial charge in [-0.1, -0.05) is 0 Å². The molecule has 68 valence electrons. The molecule has 1 fully saturated rings. The van der Waals surface area contributed by atoms with Crippen LogP contribution in [0.1, 0.15) is 13.3 Å². The zero-order valence-corrected chi connectivity index (χ0v) is 7.23. The molecular weight excluding hydrogens is 159 g/mol. The number of aliphatic hydroxyl groups excluding tert-OH is 2. The molecule has 0 amide bonds. The van der Waals surface area contributed by atoms with Gasteiger partial charge in [0.2, 0.25) is 0 Å². The molecule has 0 spiro atoms. The quantitative estimate of drug-likeness (QED) is 0.475. The van der Waals surface area contributed by atoms with Crippen molar-refractivity contribution in [3.8, 4) is 0 Å². The van der Waals surface area contributed by atoms with Crippen LogP contribution >= 0.6 is 0 Å². The summed E-state index contributed by atoms with van der Waals surface area (Å²) in [6, 6.07) is 0. The first kappa shape index (κ1) is 9.70. The summed E-state index contributed by atoms with van der Waals surface area (Å²) in [4.78, 5) is 10.7. The Bertz CT molecular complexity index is 184. The summed E-state index contributed by atoms with van der Waals surface area (Å²) in [6.45, 7) is 1.67. The average Bonchev–Trinajstić information content (AvgIpc) is 2.17. The maximum atomic E-state index is 10.7. The highest BCUT2D eigenvalue weighted by Gasteiger charge is 2.40. The van der Waals surface area contributed by atoms with Crippen molar-refractivity contribution < 1.29 is 19.7 Å². The van der Waals surface area contributed by atoms with E-state index in [-0.39, 0.29) is 18.2 Å². The van der Waals surface area contributed by atoms with E-state index in [0.717, 1.165) is 0 Å². The van der Waals surface area contributed by atoms with Gasteiger partial charge in [0.25, 0.3) is 0 Å². The molecule has 0 aromatic carbocycles. The van der Waals surface area contributed by atoms with Crippen LogP contribution in [0.3, 0.4) is 0 Å². The molecule has 1 saturated heterocycles. The van der Waals surface area contributed by atoms with Crippen LogP contribution in [0.15, 0.2) is 0 Å². The highest BCUT2D eigenvalue weighted by atomic mass is 16.5. The van der Waals surface area contributed by atoms with Crippen molar-refractivity contribution in [2.24, 2.45) is 0 Å². The summed E-state index contributed by atoms with van der Waals surface area (Å²) >= 11 is 0. The first-order chi connectivity index (χ1) is 5.52. The molecule has 0 aromatic heterocycles. The summed E-state index contributed by atoms with van der Waals surface area (Å²) < 4.78 is 5.18. The lowest BCUT2D eigenvalue weighted by Gasteiger charge is -2.12. The molecule has 1 aliphatic rings. The van der Waals surface area contributed by atoms with Gasteiger partial charge < -0.3 is 19.7 Å². The smallest absolute Gasteiger partial charge is 0.187 e. The van der Waals surface area contributed by atoms with Crippen LogP contribution in [0.4, 0.5) is 0 Å². The van der Waals surface area contributed by atoms with Gasteiger partial charge in [-0.3, -0.25) is 0 Å². The molecule has 1 heterocycles. The van der Waals surface area contributed by atoms with Gasteiger partial charge in [-0.2, -0.15) is 0 Å². The van der Waals surface area contributed by atoms with E-state index in [4.69, 9.17) is 4.74 Å². The van der Waals surface area contributed by atoms with Crippen molar-refractivity contribution in [2.75, 3.05) is 0 Å². The van der Waals surface area contributed by atoms with Crippen LogP contribution in [0.25, 0.3) is 0 Å². The number of aliphatic hydroxyl groups is 2. The Kier molecular flexibility index (Phi) is 2.87. The predicted molar refractivity (Wildman–Crippen MR) is 44.5 cm³/mol. The van der Waals surface area contributed by atoms with E-state index in [9.17, 15) is 15.0 Å². The van der Waals surface area contributed by atoms with E-state index in [1.807, 2.05) is 0 Å². The number of carbonyl (C=O) groups excluding carboxylic acids is 1. The zero-order chi connectivity index (χ0) is 9.30. The first-order valence-corrected chi connectivity index (χ1v) is 4.03. The van der Waals surface area contributed by atoms with Crippen molar-refractivity contribution in [2.45, 2.75) is 37.8 Å². The Morgan fingerprint density at radius 1 is 1.50 bits per heavy atom. The Hall–Kier alpha value is -0.385. The highest BCUT2D eigenvalue weighted by molar-refractivity contribution is 6.57. The van der Waals surface area contributed by atoms with Gasteiger partial charge >= 0.3 is 0 Å². The summed E-state index contributed by atoms with van der Waals surface area (Å²) in [5, 5.41) is 18.6.